The first kappa shape index (κ1) is 9.30. The average molecular weight is 178 g/mol. The maximum atomic E-state index is 4.03. The van der Waals surface area contributed by atoms with Crippen LogP contribution >= 0.6 is 0 Å². The Hall–Kier alpha value is -0.260. The summed E-state index contributed by atoms with van der Waals surface area (Å²) in [6.07, 6.45) is 7.40. The van der Waals surface area contributed by atoms with Crippen molar-refractivity contribution in [3.8, 4) is 0 Å². The summed E-state index contributed by atoms with van der Waals surface area (Å²) in [5.41, 5.74) is 1.42. The monoisotopic (exact) mass is 178 g/mol. The van der Waals surface area contributed by atoms with Gasteiger partial charge in [0, 0.05) is 0 Å². The molecule has 0 saturated heterocycles. The topological polar surface area (TPSA) is 0 Å². The highest BCUT2D eigenvalue weighted by atomic mass is 14.4. The van der Waals surface area contributed by atoms with Crippen LogP contribution in [0, 0.1) is 23.7 Å². The van der Waals surface area contributed by atoms with Crippen molar-refractivity contribution in [3.63, 3.8) is 0 Å². The van der Waals surface area contributed by atoms with Gasteiger partial charge in [-0.2, -0.15) is 0 Å². The minimum atomic E-state index is 0.900. The smallest absolute Gasteiger partial charge is 0.0177 e. The lowest BCUT2D eigenvalue weighted by Crippen LogP contribution is -1.86. The molecular formula is C13H22. The molecule has 74 valence electrons. The zero-order valence-corrected chi connectivity index (χ0v) is 9.05. The SMILES string of the molecule is C=C(C)C1CC1CCCC1CC1C. The fourth-order valence-corrected chi connectivity index (χ4v) is 2.61. The Morgan fingerprint density at radius 1 is 1.23 bits per heavy atom. The van der Waals surface area contributed by atoms with Gasteiger partial charge in [0.15, 0.2) is 0 Å². The third kappa shape index (κ3) is 2.36. The molecule has 0 radical (unpaired) electrons. The lowest BCUT2D eigenvalue weighted by atomic mass is 10.1. The third-order valence-electron chi connectivity index (χ3n) is 3.98. The molecule has 0 aliphatic heterocycles. The molecule has 0 N–H and O–H groups in total. The summed E-state index contributed by atoms with van der Waals surface area (Å²) in [7, 11) is 0. The molecular weight excluding hydrogens is 156 g/mol. The predicted octanol–water partition coefficient (Wildman–Crippen LogP) is 4.02. The number of rotatable bonds is 5. The van der Waals surface area contributed by atoms with Crippen molar-refractivity contribution in [2.75, 3.05) is 0 Å². The van der Waals surface area contributed by atoms with Crippen LogP contribution in [0.3, 0.4) is 0 Å². The van der Waals surface area contributed by atoms with Crippen LogP contribution in [-0.4, -0.2) is 0 Å². The van der Waals surface area contributed by atoms with E-state index in [2.05, 4.69) is 20.4 Å². The molecule has 0 heteroatoms. The molecule has 2 saturated carbocycles. The molecule has 0 spiro atoms. The van der Waals surface area contributed by atoms with E-state index in [9.17, 15) is 0 Å². The second kappa shape index (κ2) is 3.48. The Morgan fingerprint density at radius 3 is 2.31 bits per heavy atom. The molecule has 13 heavy (non-hydrogen) atoms. The average Bonchev–Trinajstić information content (AvgIpc) is 2.90. The fraction of sp³-hybridized carbons (Fsp3) is 0.846. The quantitative estimate of drug-likeness (QED) is 0.558. The second-order valence-electron chi connectivity index (χ2n) is 5.35. The van der Waals surface area contributed by atoms with Gasteiger partial charge < -0.3 is 0 Å². The number of hydrogen-bond donors (Lipinski definition) is 0. The first-order chi connectivity index (χ1) is 6.18. The highest BCUT2D eigenvalue weighted by Gasteiger charge is 2.37. The zero-order valence-electron chi connectivity index (χ0n) is 9.05. The van der Waals surface area contributed by atoms with Gasteiger partial charge in [-0.05, 0) is 49.9 Å². The van der Waals surface area contributed by atoms with Crippen molar-refractivity contribution >= 4 is 0 Å². The van der Waals surface area contributed by atoms with E-state index in [1.807, 2.05) is 0 Å². The van der Waals surface area contributed by atoms with Gasteiger partial charge in [0.05, 0.1) is 0 Å². The van der Waals surface area contributed by atoms with Crippen LogP contribution in [0.25, 0.3) is 0 Å². The fourth-order valence-electron chi connectivity index (χ4n) is 2.61. The second-order valence-corrected chi connectivity index (χ2v) is 5.35. The molecule has 2 fully saturated rings. The van der Waals surface area contributed by atoms with Crippen LogP contribution in [0.15, 0.2) is 12.2 Å². The van der Waals surface area contributed by atoms with Gasteiger partial charge in [-0.25, -0.2) is 0 Å². The first-order valence-electron chi connectivity index (χ1n) is 5.84. The maximum Gasteiger partial charge on any atom is -0.0177 e. The molecule has 4 unspecified atom stereocenters. The summed E-state index contributed by atoms with van der Waals surface area (Å²) >= 11 is 0. The molecule has 4 atom stereocenters. The summed E-state index contributed by atoms with van der Waals surface area (Å²) in [4.78, 5) is 0. The van der Waals surface area contributed by atoms with E-state index in [0.717, 1.165) is 23.7 Å². The van der Waals surface area contributed by atoms with E-state index in [1.165, 1.54) is 37.7 Å². The van der Waals surface area contributed by atoms with E-state index < -0.39 is 0 Å². The van der Waals surface area contributed by atoms with Crippen LogP contribution in [-0.2, 0) is 0 Å². The molecule has 2 aliphatic carbocycles. The summed E-state index contributed by atoms with van der Waals surface area (Å²) in [6.45, 7) is 8.61. The lowest BCUT2D eigenvalue weighted by Gasteiger charge is -1.99. The van der Waals surface area contributed by atoms with Gasteiger partial charge in [0.2, 0.25) is 0 Å². The van der Waals surface area contributed by atoms with Gasteiger partial charge >= 0.3 is 0 Å². The highest BCUT2D eigenvalue weighted by Crippen LogP contribution is 2.48. The molecule has 2 aliphatic rings. The largest absolute Gasteiger partial charge is 0.0999 e. The van der Waals surface area contributed by atoms with Crippen molar-refractivity contribution in [1.29, 1.82) is 0 Å². The van der Waals surface area contributed by atoms with Crippen molar-refractivity contribution in [1.82, 2.24) is 0 Å². The van der Waals surface area contributed by atoms with Gasteiger partial charge in [0.1, 0.15) is 0 Å². The Labute approximate surface area is 82.4 Å². The molecule has 0 aromatic heterocycles. The molecule has 0 bridgehead atoms. The van der Waals surface area contributed by atoms with Crippen LogP contribution < -0.4 is 0 Å². The Bertz CT molecular complexity index is 204. The molecule has 0 amide bonds. The van der Waals surface area contributed by atoms with Crippen LogP contribution in [0.2, 0.25) is 0 Å². The van der Waals surface area contributed by atoms with E-state index in [0.29, 0.717) is 0 Å². The maximum absolute atomic E-state index is 4.03. The summed E-state index contributed by atoms with van der Waals surface area (Å²) < 4.78 is 0. The summed E-state index contributed by atoms with van der Waals surface area (Å²) in [5, 5.41) is 0. The minimum Gasteiger partial charge on any atom is -0.0999 e. The Balaban J connectivity index is 1.53. The zero-order chi connectivity index (χ0) is 9.42. The first-order valence-corrected chi connectivity index (χ1v) is 5.84. The number of hydrogen-bond acceptors (Lipinski definition) is 0. The summed E-state index contributed by atoms with van der Waals surface area (Å²) in [6, 6.07) is 0. The normalized spacial score (nSPS) is 41.7. The number of allylic oxidation sites excluding steroid dienone is 1. The summed E-state index contributed by atoms with van der Waals surface area (Å²) in [5.74, 6) is 4.07. The van der Waals surface area contributed by atoms with Crippen molar-refractivity contribution in [3.05, 3.63) is 12.2 Å². The van der Waals surface area contributed by atoms with E-state index in [-0.39, 0.29) is 0 Å². The van der Waals surface area contributed by atoms with E-state index >= 15 is 0 Å². The minimum absolute atomic E-state index is 0.900. The highest BCUT2D eigenvalue weighted by molar-refractivity contribution is 5.08. The van der Waals surface area contributed by atoms with E-state index in [4.69, 9.17) is 0 Å². The van der Waals surface area contributed by atoms with Gasteiger partial charge in [-0.3, -0.25) is 0 Å². The molecule has 0 aromatic carbocycles. The predicted molar refractivity (Wildman–Crippen MR) is 57.5 cm³/mol. The van der Waals surface area contributed by atoms with Crippen LogP contribution in [0.1, 0.15) is 46.0 Å². The lowest BCUT2D eigenvalue weighted by molar-refractivity contribution is 0.560. The molecule has 0 aromatic rings. The molecule has 0 heterocycles. The van der Waals surface area contributed by atoms with Gasteiger partial charge in [-0.1, -0.05) is 31.9 Å². The van der Waals surface area contributed by atoms with Crippen molar-refractivity contribution in [2.45, 2.75) is 46.0 Å². The van der Waals surface area contributed by atoms with Gasteiger partial charge in [0.25, 0.3) is 0 Å². The van der Waals surface area contributed by atoms with Gasteiger partial charge in [-0.15, -0.1) is 0 Å². The van der Waals surface area contributed by atoms with Crippen molar-refractivity contribution in [2.24, 2.45) is 23.7 Å². The van der Waals surface area contributed by atoms with E-state index in [1.54, 1.807) is 0 Å². The standard InChI is InChI=1S/C13H22/c1-9(2)13-8-12(13)6-4-5-11-7-10(11)3/h10-13H,1,4-8H2,2-3H3. The van der Waals surface area contributed by atoms with Crippen LogP contribution in [0.5, 0.6) is 0 Å². The third-order valence-corrected chi connectivity index (χ3v) is 3.98. The van der Waals surface area contributed by atoms with Crippen molar-refractivity contribution < 1.29 is 0 Å². The molecule has 0 nitrogen and oxygen atoms in total. The Morgan fingerprint density at radius 2 is 1.85 bits per heavy atom. The molecule has 2 rings (SSSR count). The Kier molecular flexibility index (Phi) is 2.49. The van der Waals surface area contributed by atoms with Crippen LogP contribution in [0.4, 0.5) is 0 Å².